The fraction of sp³-hybridized carbons (Fsp3) is 0.375. The van der Waals surface area contributed by atoms with E-state index in [1.807, 2.05) is 30.3 Å². The monoisotopic (exact) mass is 499 g/mol. The molecule has 3 aromatic carbocycles. The zero-order chi connectivity index (χ0) is 26.1. The van der Waals surface area contributed by atoms with Crippen LogP contribution < -0.4 is 9.47 Å². The molecule has 0 amide bonds. The second kappa shape index (κ2) is 10.5. The average Bonchev–Trinajstić information content (AvgIpc) is 3.32. The number of nitrogens with zero attached hydrogens (tertiary/aromatic N) is 1. The summed E-state index contributed by atoms with van der Waals surface area (Å²) in [6, 6.07) is 21.1. The van der Waals surface area contributed by atoms with Crippen molar-refractivity contribution in [3.05, 3.63) is 83.4 Å². The molecule has 37 heavy (non-hydrogen) atoms. The van der Waals surface area contributed by atoms with E-state index < -0.39 is 0 Å². The summed E-state index contributed by atoms with van der Waals surface area (Å²) in [4.78, 5) is 2.50. The number of allylic oxidation sites excluding steroid dienone is 1. The first-order chi connectivity index (χ1) is 17.8. The molecule has 5 nitrogen and oxygen atoms in total. The molecule has 5 rings (SSSR count). The number of phenols is 2. The fourth-order valence-corrected chi connectivity index (χ4v) is 5.57. The molecule has 0 radical (unpaired) electrons. The van der Waals surface area contributed by atoms with E-state index in [-0.39, 0.29) is 23.5 Å². The molecule has 0 saturated carbocycles. The normalized spacial score (nSPS) is 20.6. The van der Waals surface area contributed by atoms with Gasteiger partial charge in [-0.3, -0.25) is 4.90 Å². The Morgan fingerprint density at radius 2 is 1.73 bits per heavy atom. The Labute approximate surface area is 220 Å². The van der Waals surface area contributed by atoms with Crippen LogP contribution in [0.5, 0.6) is 23.0 Å². The van der Waals surface area contributed by atoms with Crippen molar-refractivity contribution in [1.82, 2.24) is 4.90 Å². The number of benzene rings is 3. The molecule has 2 N–H and O–H groups in total. The summed E-state index contributed by atoms with van der Waals surface area (Å²) >= 11 is 0. The SMILES string of the molecule is CC1CCN(C(C)COc2ccc(C3Oc4ccc(O)cc4C(C(C)C)=C3c3cccc(O)c3)cc2)C1. The molecular formula is C32H37NO4. The molecule has 3 aromatic rings. The molecule has 1 fully saturated rings. The van der Waals surface area contributed by atoms with Crippen molar-refractivity contribution in [1.29, 1.82) is 0 Å². The van der Waals surface area contributed by atoms with Gasteiger partial charge in [-0.1, -0.05) is 45.0 Å². The van der Waals surface area contributed by atoms with Gasteiger partial charge >= 0.3 is 0 Å². The Morgan fingerprint density at radius 1 is 0.973 bits per heavy atom. The summed E-state index contributed by atoms with van der Waals surface area (Å²) in [6.45, 7) is 11.8. The van der Waals surface area contributed by atoms with Gasteiger partial charge in [0.15, 0.2) is 0 Å². The number of fused-ring (bicyclic) bond motifs is 1. The Hall–Kier alpha value is -3.44. The van der Waals surface area contributed by atoms with Gasteiger partial charge in [-0.15, -0.1) is 0 Å². The molecule has 0 bridgehead atoms. The second-order valence-electron chi connectivity index (χ2n) is 10.8. The Balaban J connectivity index is 1.46. The number of phenolic OH excluding ortho intramolecular Hbond substituents is 2. The highest BCUT2D eigenvalue weighted by Gasteiger charge is 2.32. The highest BCUT2D eigenvalue weighted by Crippen LogP contribution is 2.50. The van der Waals surface area contributed by atoms with E-state index in [9.17, 15) is 10.2 Å². The van der Waals surface area contributed by atoms with Crippen molar-refractivity contribution in [2.75, 3.05) is 19.7 Å². The summed E-state index contributed by atoms with van der Waals surface area (Å²) < 4.78 is 12.7. The van der Waals surface area contributed by atoms with Gasteiger partial charge in [0.25, 0.3) is 0 Å². The van der Waals surface area contributed by atoms with Crippen LogP contribution in [-0.4, -0.2) is 40.9 Å². The van der Waals surface area contributed by atoms with E-state index in [1.165, 1.54) is 6.42 Å². The van der Waals surface area contributed by atoms with Crippen LogP contribution in [0.4, 0.5) is 0 Å². The Morgan fingerprint density at radius 3 is 2.41 bits per heavy atom. The van der Waals surface area contributed by atoms with Gasteiger partial charge in [0, 0.05) is 23.7 Å². The third-order valence-electron chi connectivity index (χ3n) is 7.54. The first-order valence-corrected chi connectivity index (χ1v) is 13.3. The number of rotatable bonds is 7. The molecule has 0 spiro atoms. The first kappa shape index (κ1) is 25.2. The molecule has 3 atom stereocenters. The molecule has 2 aliphatic heterocycles. The standard InChI is InChI=1S/C32H37NO4/c1-20(2)30-28-17-26(35)10-13-29(28)37-32(31(30)24-6-5-7-25(34)16-24)23-8-11-27(12-9-23)36-19-22(4)33-15-14-21(3)18-33/h5-13,16-17,20-22,32,34-35H,14-15,18-19H2,1-4H3. The Kier molecular flexibility index (Phi) is 7.16. The van der Waals surface area contributed by atoms with Gasteiger partial charge in [-0.2, -0.15) is 0 Å². The molecule has 0 aromatic heterocycles. The fourth-order valence-electron chi connectivity index (χ4n) is 5.57. The second-order valence-corrected chi connectivity index (χ2v) is 10.8. The summed E-state index contributed by atoms with van der Waals surface area (Å²) in [5, 5.41) is 20.5. The Bertz CT molecular complexity index is 1280. The van der Waals surface area contributed by atoms with Crippen LogP contribution in [0.15, 0.2) is 66.7 Å². The van der Waals surface area contributed by atoms with E-state index in [0.717, 1.165) is 58.3 Å². The summed E-state index contributed by atoms with van der Waals surface area (Å²) in [6.07, 6.45) is 0.895. The molecule has 2 aliphatic rings. The van der Waals surface area contributed by atoms with Gasteiger partial charge in [-0.25, -0.2) is 0 Å². The minimum absolute atomic E-state index is 0.168. The van der Waals surface area contributed by atoms with Gasteiger partial charge in [-0.05, 0) is 90.9 Å². The first-order valence-electron chi connectivity index (χ1n) is 13.3. The topological polar surface area (TPSA) is 62.2 Å². The van der Waals surface area contributed by atoms with Crippen molar-refractivity contribution >= 4 is 11.1 Å². The lowest BCUT2D eigenvalue weighted by atomic mass is 9.81. The summed E-state index contributed by atoms with van der Waals surface area (Å²) in [7, 11) is 0. The lowest BCUT2D eigenvalue weighted by Crippen LogP contribution is -2.35. The van der Waals surface area contributed by atoms with Crippen LogP contribution in [0.1, 0.15) is 56.9 Å². The van der Waals surface area contributed by atoms with E-state index >= 15 is 0 Å². The maximum Gasteiger partial charge on any atom is 0.150 e. The lowest BCUT2D eigenvalue weighted by molar-refractivity contribution is 0.169. The lowest BCUT2D eigenvalue weighted by Gasteiger charge is -2.34. The van der Waals surface area contributed by atoms with Gasteiger partial charge < -0.3 is 19.7 Å². The highest BCUT2D eigenvalue weighted by molar-refractivity contribution is 5.97. The maximum absolute atomic E-state index is 10.3. The largest absolute Gasteiger partial charge is 0.508 e. The van der Waals surface area contributed by atoms with Crippen molar-refractivity contribution < 1.29 is 19.7 Å². The van der Waals surface area contributed by atoms with E-state index in [1.54, 1.807) is 24.3 Å². The molecule has 0 aliphatic carbocycles. The number of ether oxygens (including phenoxy) is 2. The quantitative estimate of drug-likeness (QED) is 0.370. The molecule has 1 saturated heterocycles. The molecule has 2 heterocycles. The number of hydrogen-bond acceptors (Lipinski definition) is 5. The van der Waals surface area contributed by atoms with Crippen molar-refractivity contribution in [3.63, 3.8) is 0 Å². The average molecular weight is 500 g/mol. The number of likely N-dealkylation sites (tertiary alicyclic amines) is 1. The van der Waals surface area contributed by atoms with Crippen LogP contribution >= 0.6 is 0 Å². The van der Waals surface area contributed by atoms with E-state index in [2.05, 4.69) is 44.7 Å². The van der Waals surface area contributed by atoms with Crippen molar-refractivity contribution in [2.24, 2.45) is 11.8 Å². The zero-order valence-corrected chi connectivity index (χ0v) is 22.1. The third-order valence-corrected chi connectivity index (χ3v) is 7.54. The number of aromatic hydroxyl groups is 2. The third kappa shape index (κ3) is 5.33. The summed E-state index contributed by atoms with van der Waals surface area (Å²) in [5.74, 6) is 2.92. The van der Waals surface area contributed by atoms with Crippen molar-refractivity contribution in [2.45, 2.75) is 46.3 Å². The molecule has 194 valence electrons. The van der Waals surface area contributed by atoms with Gasteiger partial charge in [0.1, 0.15) is 35.7 Å². The number of hydrogen-bond donors (Lipinski definition) is 2. The van der Waals surface area contributed by atoms with E-state index in [0.29, 0.717) is 12.6 Å². The van der Waals surface area contributed by atoms with Crippen LogP contribution in [0.25, 0.3) is 11.1 Å². The minimum atomic E-state index is -0.365. The van der Waals surface area contributed by atoms with Crippen molar-refractivity contribution in [3.8, 4) is 23.0 Å². The zero-order valence-electron chi connectivity index (χ0n) is 22.1. The molecule has 5 heteroatoms. The summed E-state index contributed by atoms with van der Waals surface area (Å²) in [5.41, 5.74) is 4.88. The van der Waals surface area contributed by atoms with Crippen LogP contribution in [0.3, 0.4) is 0 Å². The van der Waals surface area contributed by atoms with Gasteiger partial charge in [0.2, 0.25) is 0 Å². The van der Waals surface area contributed by atoms with Crippen LogP contribution in [-0.2, 0) is 0 Å². The predicted octanol–water partition coefficient (Wildman–Crippen LogP) is 6.91. The van der Waals surface area contributed by atoms with Crippen LogP contribution in [0, 0.1) is 11.8 Å². The molecular weight excluding hydrogens is 462 g/mol. The van der Waals surface area contributed by atoms with E-state index in [4.69, 9.17) is 9.47 Å². The maximum atomic E-state index is 10.3. The van der Waals surface area contributed by atoms with Gasteiger partial charge in [0.05, 0.1) is 0 Å². The minimum Gasteiger partial charge on any atom is -0.508 e. The smallest absolute Gasteiger partial charge is 0.150 e. The highest BCUT2D eigenvalue weighted by atomic mass is 16.5. The molecule has 3 unspecified atom stereocenters. The van der Waals surface area contributed by atoms with Crippen LogP contribution in [0.2, 0.25) is 0 Å². The predicted molar refractivity (Wildman–Crippen MR) is 148 cm³/mol.